The molecule has 0 radical (unpaired) electrons. The number of Topliss-reactive ketones (excluding diaryl/α,β-unsaturated/α-hetero) is 1. The first-order chi connectivity index (χ1) is 6.07. The predicted octanol–water partition coefficient (Wildman–Crippen LogP) is 1.93. The summed E-state index contributed by atoms with van der Waals surface area (Å²) in [7, 11) is 0. The van der Waals surface area contributed by atoms with Crippen LogP contribution in [-0.2, 0) is 4.79 Å². The average molecular weight is 175 g/mol. The second-order valence-electron chi connectivity index (χ2n) is 4.67. The van der Waals surface area contributed by atoms with Gasteiger partial charge in [-0.3, -0.25) is 4.79 Å². The molecule has 0 aromatic rings. The number of allylic oxidation sites excluding steroid dienone is 2. The fraction of sp³-hybridized carbons (Fsp3) is 0.636. The number of nitrogens with zero attached hydrogens (tertiary/aromatic N) is 1. The summed E-state index contributed by atoms with van der Waals surface area (Å²) in [6, 6.07) is 1.77. The first-order valence-corrected chi connectivity index (χ1v) is 4.69. The summed E-state index contributed by atoms with van der Waals surface area (Å²) in [5.74, 6) is 0.529. The summed E-state index contributed by atoms with van der Waals surface area (Å²) in [6.07, 6.45) is 5.37. The number of rotatable bonds is 1. The molecule has 3 atom stereocenters. The Labute approximate surface area is 78.2 Å². The zero-order chi connectivity index (χ0) is 9.64. The molecule has 2 heteroatoms. The Bertz CT molecular complexity index is 321. The molecule has 2 aliphatic carbocycles. The van der Waals surface area contributed by atoms with Gasteiger partial charge in [0.2, 0.25) is 5.78 Å². The lowest BCUT2D eigenvalue weighted by Crippen LogP contribution is -2.33. The van der Waals surface area contributed by atoms with Gasteiger partial charge in [0.05, 0.1) is 0 Å². The van der Waals surface area contributed by atoms with Crippen molar-refractivity contribution < 1.29 is 4.79 Å². The highest BCUT2D eigenvalue weighted by atomic mass is 16.1. The van der Waals surface area contributed by atoms with Crippen LogP contribution in [-0.4, -0.2) is 5.78 Å². The number of carbonyl (C=O) groups excluding carboxylic acids is 1. The van der Waals surface area contributed by atoms with Gasteiger partial charge in [0.15, 0.2) is 0 Å². The maximum atomic E-state index is 11.4. The van der Waals surface area contributed by atoms with E-state index in [-0.39, 0.29) is 17.1 Å². The molecule has 13 heavy (non-hydrogen) atoms. The van der Waals surface area contributed by atoms with Crippen molar-refractivity contribution in [1.29, 1.82) is 5.26 Å². The lowest BCUT2D eigenvalue weighted by molar-refractivity contribution is -0.121. The van der Waals surface area contributed by atoms with Gasteiger partial charge in [0, 0.05) is 5.92 Å². The molecule has 2 bridgehead atoms. The Morgan fingerprint density at radius 1 is 1.54 bits per heavy atom. The lowest BCUT2D eigenvalue weighted by Gasteiger charge is -2.32. The molecule has 0 heterocycles. The number of fused-ring (bicyclic) bond motifs is 2. The molecular weight excluding hydrogens is 162 g/mol. The summed E-state index contributed by atoms with van der Waals surface area (Å²) in [6.45, 7) is 4.20. The van der Waals surface area contributed by atoms with E-state index in [9.17, 15) is 4.79 Å². The zero-order valence-electron chi connectivity index (χ0n) is 7.95. The van der Waals surface area contributed by atoms with E-state index in [0.717, 1.165) is 6.42 Å². The number of hydrogen-bond acceptors (Lipinski definition) is 2. The Morgan fingerprint density at radius 2 is 2.23 bits per heavy atom. The molecule has 1 fully saturated rings. The van der Waals surface area contributed by atoms with Crippen LogP contribution in [0.3, 0.4) is 0 Å². The minimum absolute atomic E-state index is 0.00771. The van der Waals surface area contributed by atoms with Gasteiger partial charge >= 0.3 is 0 Å². The van der Waals surface area contributed by atoms with Gasteiger partial charge in [-0.1, -0.05) is 26.0 Å². The molecule has 0 aromatic carbocycles. The van der Waals surface area contributed by atoms with Gasteiger partial charge in [-0.2, -0.15) is 5.26 Å². The molecule has 0 spiro atoms. The van der Waals surface area contributed by atoms with Crippen molar-refractivity contribution in [3.8, 4) is 6.07 Å². The van der Waals surface area contributed by atoms with E-state index in [1.165, 1.54) is 0 Å². The largest absolute Gasteiger partial charge is 0.282 e. The standard InChI is InChI=1S/C11H13NO/c1-11(2)8-4-3-7(5-8)10(11)9(13)6-12/h3-4,7-8,10H,5H2,1-2H3. The van der Waals surface area contributed by atoms with E-state index >= 15 is 0 Å². The minimum atomic E-state index is -0.234. The Morgan fingerprint density at radius 3 is 2.69 bits per heavy atom. The highest BCUT2D eigenvalue weighted by Gasteiger charge is 2.53. The van der Waals surface area contributed by atoms with Gasteiger partial charge in [0.1, 0.15) is 6.07 Å². The number of ketones is 1. The highest BCUT2D eigenvalue weighted by molar-refractivity contribution is 5.96. The van der Waals surface area contributed by atoms with Crippen LogP contribution in [0.15, 0.2) is 12.2 Å². The predicted molar refractivity (Wildman–Crippen MR) is 48.6 cm³/mol. The van der Waals surface area contributed by atoms with Crippen LogP contribution in [0.5, 0.6) is 0 Å². The smallest absolute Gasteiger partial charge is 0.236 e. The van der Waals surface area contributed by atoms with Crippen LogP contribution < -0.4 is 0 Å². The Balaban J connectivity index is 2.36. The maximum Gasteiger partial charge on any atom is 0.236 e. The van der Waals surface area contributed by atoms with Gasteiger partial charge in [0.25, 0.3) is 0 Å². The van der Waals surface area contributed by atoms with E-state index in [0.29, 0.717) is 11.8 Å². The maximum absolute atomic E-state index is 11.4. The summed E-state index contributed by atoms with van der Waals surface area (Å²) < 4.78 is 0. The molecular formula is C11H13NO. The molecule has 2 aliphatic rings. The number of carbonyl (C=O) groups is 1. The van der Waals surface area contributed by atoms with Gasteiger partial charge in [-0.05, 0) is 23.7 Å². The normalized spacial score (nSPS) is 39.0. The third kappa shape index (κ3) is 0.966. The van der Waals surface area contributed by atoms with Crippen LogP contribution in [0, 0.1) is 34.5 Å². The fourth-order valence-electron chi connectivity index (χ4n) is 2.91. The first kappa shape index (κ1) is 8.50. The summed E-state index contributed by atoms with van der Waals surface area (Å²) >= 11 is 0. The third-order valence-corrected chi connectivity index (χ3v) is 3.69. The topological polar surface area (TPSA) is 40.9 Å². The van der Waals surface area contributed by atoms with Crippen molar-refractivity contribution in [3.05, 3.63) is 12.2 Å². The number of nitriles is 1. The summed E-state index contributed by atoms with van der Waals surface area (Å²) in [4.78, 5) is 11.4. The highest BCUT2D eigenvalue weighted by Crippen LogP contribution is 2.55. The Kier molecular flexibility index (Phi) is 1.60. The van der Waals surface area contributed by atoms with Crippen molar-refractivity contribution >= 4 is 5.78 Å². The lowest BCUT2D eigenvalue weighted by atomic mass is 9.70. The first-order valence-electron chi connectivity index (χ1n) is 4.69. The Hall–Kier alpha value is -1.10. The molecule has 0 saturated heterocycles. The third-order valence-electron chi connectivity index (χ3n) is 3.69. The molecule has 0 N–H and O–H groups in total. The fourth-order valence-corrected chi connectivity index (χ4v) is 2.91. The molecule has 68 valence electrons. The molecule has 0 aromatic heterocycles. The zero-order valence-corrected chi connectivity index (χ0v) is 7.95. The van der Waals surface area contributed by atoms with Crippen molar-refractivity contribution in [1.82, 2.24) is 0 Å². The SMILES string of the molecule is CC1(C)C2C=CC(C2)C1C(=O)C#N. The van der Waals surface area contributed by atoms with Gasteiger partial charge in [-0.25, -0.2) is 0 Å². The van der Waals surface area contributed by atoms with Crippen LogP contribution >= 0.6 is 0 Å². The second-order valence-corrected chi connectivity index (χ2v) is 4.67. The van der Waals surface area contributed by atoms with Crippen molar-refractivity contribution in [2.75, 3.05) is 0 Å². The van der Waals surface area contributed by atoms with Crippen LogP contribution in [0.4, 0.5) is 0 Å². The average Bonchev–Trinajstić information content (AvgIpc) is 2.60. The molecule has 3 unspecified atom stereocenters. The van der Waals surface area contributed by atoms with Crippen molar-refractivity contribution in [3.63, 3.8) is 0 Å². The van der Waals surface area contributed by atoms with Crippen LogP contribution in [0.2, 0.25) is 0 Å². The minimum Gasteiger partial charge on any atom is -0.282 e. The summed E-state index contributed by atoms with van der Waals surface area (Å²) in [5.41, 5.74) is -0.00771. The van der Waals surface area contributed by atoms with Gasteiger partial charge in [-0.15, -0.1) is 0 Å². The monoisotopic (exact) mass is 175 g/mol. The quantitative estimate of drug-likeness (QED) is 0.451. The molecule has 0 aliphatic heterocycles. The van der Waals surface area contributed by atoms with E-state index in [1.807, 2.05) is 0 Å². The van der Waals surface area contributed by atoms with E-state index in [1.54, 1.807) is 6.07 Å². The van der Waals surface area contributed by atoms with E-state index in [2.05, 4.69) is 26.0 Å². The van der Waals surface area contributed by atoms with Crippen LogP contribution in [0.25, 0.3) is 0 Å². The van der Waals surface area contributed by atoms with Gasteiger partial charge < -0.3 is 0 Å². The molecule has 2 nitrogen and oxygen atoms in total. The van der Waals surface area contributed by atoms with Crippen molar-refractivity contribution in [2.45, 2.75) is 20.3 Å². The number of hydrogen-bond donors (Lipinski definition) is 0. The second kappa shape index (κ2) is 2.45. The van der Waals surface area contributed by atoms with E-state index < -0.39 is 0 Å². The van der Waals surface area contributed by atoms with E-state index in [4.69, 9.17) is 5.26 Å². The molecule has 0 amide bonds. The molecule has 1 saturated carbocycles. The summed E-state index contributed by atoms with van der Waals surface area (Å²) in [5, 5.41) is 8.63. The molecule has 2 rings (SSSR count). The van der Waals surface area contributed by atoms with Crippen LogP contribution in [0.1, 0.15) is 20.3 Å². The van der Waals surface area contributed by atoms with Crippen molar-refractivity contribution in [2.24, 2.45) is 23.2 Å².